The monoisotopic (exact) mass is 463 g/mol. The third kappa shape index (κ3) is 4.20. The van der Waals surface area contributed by atoms with Gasteiger partial charge in [-0.1, -0.05) is 23.7 Å². The molecular formula is C27H30ClN3O2. The second kappa shape index (κ2) is 8.62. The highest BCUT2D eigenvalue weighted by Crippen LogP contribution is 2.51. The van der Waals surface area contributed by atoms with Gasteiger partial charge >= 0.3 is 0 Å². The Kier molecular flexibility index (Phi) is 5.79. The van der Waals surface area contributed by atoms with Crippen LogP contribution in [0.4, 0.5) is 5.69 Å². The summed E-state index contributed by atoms with van der Waals surface area (Å²) in [4.78, 5) is 21.6. The van der Waals surface area contributed by atoms with Gasteiger partial charge in [-0.05, 0) is 81.1 Å². The van der Waals surface area contributed by atoms with Crippen molar-refractivity contribution in [1.82, 2.24) is 9.88 Å². The molecule has 33 heavy (non-hydrogen) atoms. The van der Waals surface area contributed by atoms with Crippen molar-refractivity contribution >= 4 is 34.5 Å². The molecule has 5 rings (SSSR count). The second-order valence-corrected chi connectivity index (χ2v) is 10.3. The van der Waals surface area contributed by atoms with Crippen molar-refractivity contribution in [2.45, 2.75) is 31.1 Å². The summed E-state index contributed by atoms with van der Waals surface area (Å²) in [6, 6.07) is 11.5. The Morgan fingerprint density at radius 3 is 2.48 bits per heavy atom. The van der Waals surface area contributed by atoms with Gasteiger partial charge in [-0.3, -0.25) is 4.98 Å². The molecule has 0 amide bonds. The fraction of sp³-hybridized carbons (Fsp3) is 0.407. The zero-order valence-electron chi connectivity index (χ0n) is 19.2. The molecule has 5 nitrogen and oxygen atoms in total. The van der Waals surface area contributed by atoms with E-state index in [2.05, 4.69) is 30.0 Å². The maximum Gasteiger partial charge on any atom is 0.134 e. The summed E-state index contributed by atoms with van der Waals surface area (Å²) in [5.74, 6) is 0.775. The summed E-state index contributed by atoms with van der Waals surface area (Å²) in [5, 5.41) is 11.2. The zero-order valence-corrected chi connectivity index (χ0v) is 20.0. The van der Waals surface area contributed by atoms with Crippen LogP contribution in [0.25, 0.3) is 22.0 Å². The van der Waals surface area contributed by atoms with E-state index in [4.69, 9.17) is 16.6 Å². The number of anilines is 1. The number of carbonyl (C=O) groups is 1. The second-order valence-electron chi connectivity index (χ2n) is 9.89. The minimum absolute atomic E-state index is 0.0769. The lowest BCUT2D eigenvalue weighted by Gasteiger charge is -2.37. The number of piperidine rings is 1. The molecule has 0 atom stereocenters. The third-order valence-electron chi connectivity index (χ3n) is 7.23. The van der Waals surface area contributed by atoms with Gasteiger partial charge in [0.1, 0.15) is 12.0 Å². The van der Waals surface area contributed by atoms with E-state index in [0.29, 0.717) is 10.9 Å². The van der Waals surface area contributed by atoms with Crippen LogP contribution in [0.3, 0.4) is 0 Å². The highest BCUT2D eigenvalue weighted by molar-refractivity contribution is 6.32. The van der Waals surface area contributed by atoms with Gasteiger partial charge in [0.25, 0.3) is 0 Å². The molecule has 0 spiro atoms. The normalized spacial score (nSPS) is 18.1. The van der Waals surface area contributed by atoms with Gasteiger partial charge in [0.2, 0.25) is 0 Å². The molecular weight excluding hydrogens is 434 g/mol. The summed E-state index contributed by atoms with van der Waals surface area (Å²) in [5.41, 5.74) is 4.73. The number of hydrogen-bond donors (Lipinski definition) is 1. The quantitative estimate of drug-likeness (QED) is 0.505. The molecule has 1 saturated carbocycles. The van der Waals surface area contributed by atoms with Gasteiger partial charge < -0.3 is 19.7 Å². The smallest absolute Gasteiger partial charge is 0.134 e. The average molecular weight is 464 g/mol. The molecule has 1 aromatic heterocycles. The zero-order chi connectivity index (χ0) is 23.2. The molecule has 2 heterocycles. The molecule has 3 aromatic rings. The Bertz CT molecular complexity index is 1200. The standard InChI is InChI=1S/C27H30ClN3O2/c1-30(2)16-18-7-11-31(12-8-18)26-21-13-19(20-4-6-25(33)23(28)14-20)3-5-24(21)29-15-22(26)27(17-32)9-10-27/h3-6,13-15,17-18,33H,7-12,16H2,1-2H3. The van der Waals surface area contributed by atoms with Crippen LogP contribution in [0.1, 0.15) is 31.2 Å². The molecule has 172 valence electrons. The molecule has 6 heteroatoms. The third-order valence-corrected chi connectivity index (χ3v) is 7.53. The maximum absolute atomic E-state index is 12.1. The van der Waals surface area contributed by atoms with Gasteiger partial charge in [-0.25, -0.2) is 0 Å². The number of halogens is 1. The summed E-state index contributed by atoms with van der Waals surface area (Å²) in [7, 11) is 4.28. The molecule has 0 unspecified atom stereocenters. The van der Waals surface area contributed by atoms with Crippen LogP contribution in [0.2, 0.25) is 5.02 Å². The Morgan fingerprint density at radius 1 is 1.15 bits per heavy atom. The molecule has 1 aliphatic carbocycles. The van der Waals surface area contributed by atoms with E-state index in [1.165, 1.54) is 5.69 Å². The molecule has 2 aliphatic rings. The summed E-state index contributed by atoms with van der Waals surface area (Å²) < 4.78 is 0. The van der Waals surface area contributed by atoms with Gasteiger partial charge in [-0.2, -0.15) is 0 Å². The van der Waals surface area contributed by atoms with Crippen LogP contribution in [0.5, 0.6) is 5.75 Å². The van der Waals surface area contributed by atoms with Crippen molar-refractivity contribution in [3.05, 3.63) is 53.2 Å². The molecule has 1 N–H and O–H groups in total. The number of aldehydes is 1. The van der Waals surface area contributed by atoms with E-state index in [-0.39, 0.29) is 5.75 Å². The SMILES string of the molecule is CN(C)CC1CCN(c2c(C3(C=O)CC3)cnc3ccc(-c4ccc(O)c(Cl)c4)cc23)CC1. The molecule has 1 saturated heterocycles. The molecule has 2 fully saturated rings. The Hall–Kier alpha value is -2.63. The maximum atomic E-state index is 12.1. The molecule has 0 bridgehead atoms. The summed E-state index contributed by atoms with van der Waals surface area (Å²) in [6.45, 7) is 3.07. The lowest BCUT2D eigenvalue weighted by Crippen LogP contribution is -2.38. The molecule has 0 radical (unpaired) electrons. The number of nitrogens with zero attached hydrogens (tertiary/aromatic N) is 3. The highest BCUT2D eigenvalue weighted by atomic mass is 35.5. The minimum Gasteiger partial charge on any atom is -0.506 e. The van der Waals surface area contributed by atoms with Crippen molar-refractivity contribution < 1.29 is 9.90 Å². The lowest BCUT2D eigenvalue weighted by atomic mass is 9.90. The topological polar surface area (TPSA) is 56.7 Å². The first kappa shape index (κ1) is 22.2. The van der Waals surface area contributed by atoms with Gasteiger partial charge in [0.05, 0.1) is 21.6 Å². The fourth-order valence-corrected chi connectivity index (χ4v) is 5.37. The van der Waals surface area contributed by atoms with Crippen molar-refractivity contribution in [2.24, 2.45) is 5.92 Å². The van der Waals surface area contributed by atoms with Crippen LogP contribution >= 0.6 is 11.6 Å². The van der Waals surface area contributed by atoms with E-state index in [1.807, 2.05) is 24.4 Å². The number of phenols is 1. The number of fused-ring (bicyclic) bond motifs is 1. The van der Waals surface area contributed by atoms with E-state index in [0.717, 1.165) is 79.2 Å². The number of benzene rings is 2. The Labute approximate surface area is 200 Å². The van der Waals surface area contributed by atoms with E-state index in [1.54, 1.807) is 12.1 Å². The number of rotatable bonds is 6. The number of aromatic hydroxyl groups is 1. The first-order chi connectivity index (χ1) is 15.9. The largest absolute Gasteiger partial charge is 0.506 e. The van der Waals surface area contributed by atoms with Gasteiger partial charge in [-0.15, -0.1) is 0 Å². The van der Waals surface area contributed by atoms with E-state index >= 15 is 0 Å². The molecule has 2 aromatic carbocycles. The van der Waals surface area contributed by atoms with Gasteiger partial charge in [0, 0.05) is 36.8 Å². The van der Waals surface area contributed by atoms with Crippen molar-refractivity contribution in [3.8, 4) is 16.9 Å². The first-order valence-corrected chi connectivity index (χ1v) is 12.1. The number of hydrogen-bond acceptors (Lipinski definition) is 5. The predicted molar refractivity (Wildman–Crippen MR) is 134 cm³/mol. The Balaban J connectivity index is 1.60. The summed E-state index contributed by atoms with van der Waals surface area (Å²) >= 11 is 6.18. The molecule has 1 aliphatic heterocycles. The van der Waals surface area contributed by atoms with Crippen molar-refractivity contribution in [3.63, 3.8) is 0 Å². The van der Waals surface area contributed by atoms with E-state index < -0.39 is 5.41 Å². The van der Waals surface area contributed by atoms with Crippen LogP contribution in [-0.4, -0.2) is 55.0 Å². The van der Waals surface area contributed by atoms with Crippen LogP contribution in [0, 0.1) is 5.92 Å². The predicted octanol–water partition coefficient (Wildman–Crippen LogP) is 5.27. The Morgan fingerprint density at radius 2 is 1.85 bits per heavy atom. The number of phenolic OH excluding ortho intramolecular Hbond substituents is 1. The van der Waals surface area contributed by atoms with Gasteiger partial charge in [0.15, 0.2) is 0 Å². The van der Waals surface area contributed by atoms with Crippen LogP contribution < -0.4 is 4.90 Å². The highest BCUT2D eigenvalue weighted by Gasteiger charge is 2.47. The average Bonchev–Trinajstić information content (AvgIpc) is 3.61. The fourth-order valence-electron chi connectivity index (χ4n) is 5.19. The van der Waals surface area contributed by atoms with Crippen LogP contribution in [-0.2, 0) is 10.2 Å². The first-order valence-electron chi connectivity index (χ1n) is 11.7. The minimum atomic E-state index is -0.394. The number of pyridine rings is 1. The van der Waals surface area contributed by atoms with Crippen molar-refractivity contribution in [1.29, 1.82) is 0 Å². The number of aromatic nitrogens is 1. The number of carbonyl (C=O) groups excluding carboxylic acids is 1. The van der Waals surface area contributed by atoms with Crippen LogP contribution in [0.15, 0.2) is 42.6 Å². The van der Waals surface area contributed by atoms with E-state index in [9.17, 15) is 9.90 Å². The lowest BCUT2D eigenvalue weighted by molar-refractivity contribution is -0.109. The summed E-state index contributed by atoms with van der Waals surface area (Å²) in [6.07, 6.45) is 7.12. The van der Waals surface area contributed by atoms with Crippen molar-refractivity contribution in [2.75, 3.05) is 38.6 Å².